The van der Waals surface area contributed by atoms with Crippen molar-refractivity contribution in [1.82, 2.24) is 9.80 Å². The van der Waals surface area contributed by atoms with Crippen molar-refractivity contribution in [1.29, 1.82) is 0 Å². The summed E-state index contributed by atoms with van der Waals surface area (Å²) in [7, 11) is 0. The summed E-state index contributed by atoms with van der Waals surface area (Å²) in [6, 6.07) is 6.87. The second-order valence-electron chi connectivity index (χ2n) is 6.52. The van der Waals surface area contributed by atoms with Crippen molar-refractivity contribution in [3.63, 3.8) is 0 Å². The number of carbonyl (C=O) groups excluding carboxylic acids is 1. The number of carbonyl (C=O) groups is 1. The summed E-state index contributed by atoms with van der Waals surface area (Å²) in [5.74, 6) is 0.0336. The van der Waals surface area contributed by atoms with E-state index in [1.165, 1.54) is 38.1 Å². The number of rotatable bonds is 5. The first-order valence-electron chi connectivity index (χ1n) is 8.48. The van der Waals surface area contributed by atoms with Crippen LogP contribution in [0.1, 0.15) is 37.7 Å². The lowest BCUT2D eigenvalue weighted by molar-refractivity contribution is -0.132. The average molecular weight is 304 g/mol. The third-order valence-corrected chi connectivity index (χ3v) is 4.91. The molecule has 3 rings (SSSR count). The van der Waals surface area contributed by atoms with Crippen molar-refractivity contribution >= 4 is 5.91 Å². The quantitative estimate of drug-likeness (QED) is 0.835. The molecule has 2 heterocycles. The van der Waals surface area contributed by atoms with Gasteiger partial charge in [0.15, 0.2) is 0 Å². The Balaban J connectivity index is 1.50. The molecular weight excluding hydrogens is 279 g/mol. The smallest absolute Gasteiger partial charge is 0.223 e. The highest BCUT2D eigenvalue weighted by atomic mass is 19.1. The zero-order valence-electron chi connectivity index (χ0n) is 13.1. The lowest BCUT2D eigenvalue weighted by Gasteiger charge is -2.28. The maximum absolute atomic E-state index is 12.9. The molecule has 0 saturated carbocycles. The molecule has 22 heavy (non-hydrogen) atoms. The largest absolute Gasteiger partial charge is 0.338 e. The summed E-state index contributed by atoms with van der Waals surface area (Å²) in [6.07, 6.45) is 6.09. The van der Waals surface area contributed by atoms with Crippen molar-refractivity contribution in [2.45, 2.75) is 44.6 Å². The number of likely N-dealkylation sites (tertiary alicyclic amines) is 2. The van der Waals surface area contributed by atoms with Crippen LogP contribution in [-0.2, 0) is 11.2 Å². The van der Waals surface area contributed by atoms with E-state index in [2.05, 4.69) is 9.80 Å². The predicted molar refractivity (Wildman–Crippen MR) is 85.1 cm³/mol. The van der Waals surface area contributed by atoms with Crippen LogP contribution >= 0.6 is 0 Å². The Labute approximate surface area is 132 Å². The first-order chi connectivity index (χ1) is 10.7. The maximum atomic E-state index is 12.9. The summed E-state index contributed by atoms with van der Waals surface area (Å²) in [5.41, 5.74) is 1.03. The molecule has 1 aromatic rings. The van der Waals surface area contributed by atoms with Crippen LogP contribution in [0.3, 0.4) is 0 Å². The average Bonchev–Trinajstić information content (AvgIpc) is 3.19. The van der Waals surface area contributed by atoms with E-state index in [9.17, 15) is 9.18 Å². The highest BCUT2D eigenvalue weighted by Gasteiger charge is 2.30. The van der Waals surface area contributed by atoms with Crippen LogP contribution in [0.25, 0.3) is 0 Å². The zero-order valence-corrected chi connectivity index (χ0v) is 13.1. The maximum Gasteiger partial charge on any atom is 0.223 e. The van der Waals surface area contributed by atoms with E-state index < -0.39 is 0 Å². The van der Waals surface area contributed by atoms with Crippen LogP contribution in [-0.4, -0.2) is 47.9 Å². The number of hydrogen-bond acceptors (Lipinski definition) is 2. The summed E-state index contributed by atoms with van der Waals surface area (Å²) in [4.78, 5) is 17.1. The van der Waals surface area contributed by atoms with E-state index in [1.807, 2.05) is 0 Å². The number of hydrogen-bond donors (Lipinski definition) is 0. The molecule has 0 aromatic heterocycles. The van der Waals surface area contributed by atoms with Gasteiger partial charge in [-0.3, -0.25) is 4.79 Å². The van der Waals surface area contributed by atoms with Gasteiger partial charge >= 0.3 is 0 Å². The minimum atomic E-state index is -0.222. The van der Waals surface area contributed by atoms with Gasteiger partial charge in [0.2, 0.25) is 5.91 Å². The second-order valence-corrected chi connectivity index (χ2v) is 6.52. The Kier molecular flexibility index (Phi) is 5.08. The lowest BCUT2D eigenvalue weighted by atomic mass is 10.1. The van der Waals surface area contributed by atoms with Crippen molar-refractivity contribution in [3.8, 4) is 0 Å². The first kappa shape index (κ1) is 15.5. The summed E-state index contributed by atoms with van der Waals surface area (Å²) >= 11 is 0. The summed E-state index contributed by atoms with van der Waals surface area (Å²) < 4.78 is 12.9. The number of amides is 1. The van der Waals surface area contributed by atoms with Crippen molar-refractivity contribution in [3.05, 3.63) is 35.6 Å². The molecule has 1 aromatic carbocycles. The van der Waals surface area contributed by atoms with Gasteiger partial charge in [0.25, 0.3) is 0 Å². The number of halogens is 1. The molecule has 1 atom stereocenters. The van der Waals surface area contributed by atoms with Gasteiger partial charge in [-0.15, -0.1) is 0 Å². The molecule has 0 bridgehead atoms. The normalized spacial score (nSPS) is 22.4. The summed E-state index contributed by atoms with van der Waals surface area (Å²) in [6.45, 7) is 4.32. The van der Waals surface area contributed by atoms with E-state index in [0.29, 0.717) is 18.9 Å². The fourth-order valence-electron chi connectivity index (χ4n) is 3.66. The molecule has 120 valence electrons. The molecule has 0 N–H and O–H groups in total. The van der Waals surface area contributed by atoms with E-state index >= 15 is 0 Å². The van der Waals surface area contributed by atoms with Crippen molar-refractivity contribution < 1.29 is 9.18 Å². The highest BCUT2D eigenvalue weighted by Crippen LogP contribution is 2.21. The van der Waals surface area contributed by atoms with E-state index in [4.69, 9.17) is 0 Å². The van der Waals surface area contributed by atoms with Crippen molar-refractivity contribution in [2.24, 2.45) is 0 Å². The van der Waals surface area contributed by atoms with Gasteiger partial charge in [0.1, 0.15) is 5.82 Å². The van der Waals surface area contributed by atoms with Crippen molar-refractivity contribution in [2.75, 3.05) is 26.2 Å². The van der Waals surface area contributed by atoms with Gasteiger partial charge in [-0.1, -0.05) is 12.1 Å². The van der Waals surface area contributed by atoms with Gasteiger partial charge in [-0.05, 0) is 62.9 Å². The Bertz CT molecular complexity index is 496. The predicted octanol–water partition coefficient (Wildman–Crippen LogP) is 2.85. The first-order valence-corrected chi connectivity index (χ1v) is 8.48. The molecule has 3 nitrogen and oxygen atoms in total. The molecule has 1 unspecified atom stereocenters. The lowest BCUT2D eigenvalue weighted by Crippen LogP contribution is -2.42. The van der Waals surface area contributed by atoms with Crippen LogP contribution in [0, 0.1) is 5.82 Å². The molecular formula is C18H25FN2O. The van der Waals surface area contributed by atoms with Gasteiger partial charge in [-0.2, -0.15) is 0 Å². The van der Waals surface area contributed by atoms with Gasteiger partial charge in [-0.25, -0.2) is 4.39 Å². The Morgan fingerprint density at radius 3 is 2.55 bits per heavy atom. The minimum absolute atomic E-state index is 0.222. The Morgan fingerprint density at radius 2 is 1.82 bits per heavy atom. The molecule has 4 heteroatoms. The zero-order chi connectivity index (χ0) is 15.4. The van der Waals surface area contributed by atoms with Crippen LogP contribution in [0.4, 0.5) is 4.39 Å². The van der Waals surface area contributed by atoms with Gasteiger partial charge < -0.3 is 9.80 Å². The fraction of sp³-hybridized carbons (Fsp3) is 0.611. The van der Waals surface area contributed by atoms with E-state index in [1.54, 1.807) is 12.1 Å². The summed E-state index contributed by atoms with van der Waals surface area (Å²) in [5, 5.41) is 0. The third kappa shape index (κ3) is 3.86. The standard InChI is InChI=1S/C18H25FN2O/c19-16-8-5-15(6-9-16)7-10-18(22)21-13-3-4-17(21)14-20-11-1-2-12-20/h5-6,8-9,17H,1-4,7,10-14H2. The van der Waals surface area contributed by atoms with E-state index in [-0.39, 0.29) is 11.7 Å². The molecule has 2 fully saturated rings. The highest BCUT2D eigenvalue weighted by molar-refractivity contribution is 5.77. The van der Waals surface area contributed by atoms with Gasteiger partial charge in [0.05, 0.1) is 0 Å². The number of nitrogens with zero attached hydrogens (tertiary/aromatic N) is 2. The monoisotopic (exact) mass is 304 g/mol. The fourth-order valence-corrected chi connectivity index (χ4v) is 3.66. The molecule has 2 aliphatic heterocycles. The molecule has 0 spiro atoms. The molecule has 1 amide bonds. The molecule has 2 aliphatic rings. The SMILES string of the molecule is O=C(CCc1ccc(F)cc1)N1CCCC1CN1CCCC1. The Hall–Kier alpha value is -1.42. The Morgan fingerprint density at radius 1 is 1.09 bits per heavy atom. The van der Waals surface area contributed by atoms with Crippen LogP contribution < -0.4 is 0 Å². The van der Waals surface area contributed by atoms with Crippen LogP contribution in [0.5, 0.6) is 0 Å². The number of benzene rings is 1. The van der Waals surface area contributed by atoms with Crippen LogP contribution in [0.15, 0.2) is 24.3 Å². The van der Waals surface area contributed by atoms with E-state index in [0.717, 1.165) is 31.5 Å². The second kappa shape index (κ2) is 7.23. The molecule has 0 radical (unpaired) electrons. The third-order valence-electron chi connectivity index (χ3n) is 4.91. The molecule has 2 saturated heterocycles. The molecule has 0 aliphatic carbocycles. The number of aryl methyl sites for hydroxylation is 1. The minimum Gasteiger partial charge on any atom is -0.338 e. The van der Waals surface area contributed by atoms with Crippen LogP contribution in [0.2, 0.25) is 0 Å². The van der Waals surface area contributed by atoms with Gasteiger partial charge in [0, 0.05) is 25.6 Å². The topological polar surface area (TPSA) is 23.6 Å².